The van der Waals surface area contributed by atoms with E-state index in [1.165, 1.54) is 26.4 Å². The van der Waals surface area contributed by atoms with Crippen LogP contribution >= 0.6 is 11.3 Å². The minimum atomic E-state index is 0.0783. The van der Waals surface area contributed by atoms with Crippen molar-refractivity contribution in [2.45, 2.75) is 32.2 Å². The van der Waals surface area contributed by atoms with Crippen LogP contribution in [-0.4, -0.2) is 72.8 Å². The van der Waals surface area contributed by atoms with E-state index in [4.69, 9.17) is 14.8 Å². The molecule has 3 aromatic rings. The third-order valence-electron chi connectivity index (χ3n) is 7.01. The standard InChI is InChI=1S/C29H35N3O2S/c1-22-19-26-28(35-22)20-24-9-5-6-10-27(24)30-29(26)32-14-13-31(15-17-34-18-16-33)25(21-32)12-11-23-7-3-2-4-8-23/h2-10,19,25,33H,11-18,20-21H2,1H3. The highest BCUT2D eigenvalue weighted by molar-refractivity contribution is 7.12. The number of thiophene rings is 1. The summed E-state index contributed by atoms with van der Waals surface area (Å²) in [6.07, 6.45) is 3.11. The van der Waals surface area contributed by atoms with Crippen molar-refractivity contribution >= 4 is 22.9 Å². The fourth-order valence-corrected chi connectivity index (χ4v) is 6.27. The Morgan fingerprint density at radius 2 is 1.89 bits per heavy atom. The van der Waals surface area contributed by atoms with Crippen molar-refractivity contribution < 1.29 is 9.84 Å². The molecule has 0 saturated carbocycles. The molecule has 1 atom stereocenters. The summed E-state index contributed by atoms with van der Waals surface area (Å²) in [7, 11) is 0. The molecular weight excluding hydrogens is 454 g/mol. The van der Waals surface area contributed by atoms with E-state index in [0.717, 1.165) is 57.0 Å². The molecule has 5 nitrogen and oxygen atoms in total. The molecule has 35 heavy (non-hydrogen) atoms. The van der Waals surface area contributed by atoms with Crippen LogP contribution in [0.1, 0.15) is 32.9 Å². The first kappa shape index (κ1) is 24.2. The van der Waals surface area contributed by atoms with E-state index in [-0.39, 0.29) is 6.61 Å². The number of aliphatic hydroxyl groups excluding tert-OH is 1. The molecule has 5 rings (SSSR count). The average Bonchev–Trinajstić information content (AvgIpc) is 3.17. The zero-order valence-electron chi connectivity index (χ0n) is 20.5. The fourth-order valence-electron chi connectivity index (χ4n) is 5.22. The number of nitrogens with zero attached hydrogens (tertiary/aromatic N) is 3. The van der Waals surface area contributed by atoms with Gasteiger partial charge in [-0.1, -0.05) is 48.5 Å². The highest BCUT2D eigenvalue weighted by Crippen LogP contribution is 2.34. The molecule has 1 aromatic heterocycles. The molecule has 0 radical (unpaired) electrons. The Morgan fingerprint density at radius 1 is 1.06 bits per heavy atom. The van der Waals surface area contributed by atoms with Crippen molar-refractivity contribution in [3.8, 4) is 0 Å². The number of fused-ring (bicyclic) bond motifs is 2. The predicted octanol–water partition coefficient (Wildman–Crippen LogP) is 4.67. The summed E-state index contributed by atoms with van der Waals surface area (Å²) in [6.45, 7) is 7.15. The van der Waals surface area contributed by atoms with Crippen LogP contribution in [0.15, 0.2) is 65.7 Å². The summed E-state index contributed by atoms with van der Waals surface area (Å²) in [4.78, 5) is 13.1. The van der Waals surface area contributed by atoms with E-state index in [0.29, 0.717) is 19.3 Å². The largest absolute Gasteiger partial charge is 0.394 e. The third kappa shape index (κ3) is 5.84. The predicted molar refractivity (Wildman–Crippen MR) is 144 cm³/mol. The molecule has 0 aliphatic carbocycles. The van der Waals surface area contributed by atoms with Crippen LogP contribution in [0.3, 0.4) is 0 Å². The van der Waals surface area contributed by atoms with Crippen molar-refractivity contribution in [2.24, 2.45) is 4.99 Å². The van der Waals surface area contributed by atoms with Crippen molar-refractivity contribution in [3.05, 3.63) is 87.1 Å². The summed E-state index contributed by atoms with van der Waals surface area (Å²) in [5.41, 5.74) is 5.11. The maximum atomic E-state index is 9.06. The number of piperazine rings is 1. The van der Waals surface area contributed by atoms with Gasteiger partial charge in [0.15, 0.2) is 0 Å². The average molecular weight is 490 g/mol. The maximum absolute atomic E-state index is 9.06. The van der Waals surface area contributed by atoms with Crippen LogP contribution in [-0.2, 0) is 17.6 Å². The Labute approximate surface area is 212 Å². The van der Waals surface area contributed by atoms with Crippen LogP contribution in [0.25, 0.3) is 0 Å². The van der Waals surface area contributed by atoms with Crippen LogP contribution in [0.5, 0.6) is 0 Å². The van der Waals surface area contributed by atoms with Gasteiger partial charge in [-0.25, -0.2) is 4.99 Å². The van der Waals surface area contributed by atoms with Crippen LogP contribution < -0.4 is 0 Å². The molecule has 2 aliphatic heterocycles. The van der Waals surface area contributed by atoms with Crippen LogP contribution in [0, 0.1) is 6.92 Å². The third-order valence-corrected chi connectivity index (χ3v) is 8.06. The summed E-state index contributed by atoms with van der Waals surface area (Å²) < 4.78 is 5.62. The molecule has 0 amide bonds. The second-order valence-electron chi connectivity index (χ2n) is 9.43. The Morgan fingerprint density at radius 3 is 2.74 bits per heavy atom. The highest BCUT2D eigenvalue weighted by Gasteiger charge is 2.31. The fraction of sp³-hybridized carbons (Fsp3) is 0.414. The molecule has 6 heteroatoms. The van der Waals surface area contributed by atoms with Gasteiger partial charge >= 0.3 is 0 Å². The van der Waals surface area contributed by atoms with Gasteiger partial charge in [-0.15, -0.1) is 11.3 Å². The molecule has 2 aliphatic rings. The number of hydrogen-bond donors (Lipinski definition) is 1. The van der Waals surface area contributed by atoms with Gasteiger partial charge in [0.05, 0.1) is 25.5 Å². The lowest BCUT2D eigenvalue weighted by Crippen LogP contribution is -2.55. The Hall–Kier alpha value is -2.51. The lowest BCUT2D eigenvalue weighted by molar-refractivity contribution is 0.0427. The van der Waals surface area contributed by atoms with Crippen molar-refractivity contribution in [3.63, 3.8) is 0 Å². The maximum Gasteiger partial charge on any atom is 0.137 e. The number of aliphatic hydroxyl groups is 1. The van der Waals surface area contributed by atoms with E-state index in [1.54, 1.807) is 0 Å². The van der Waals surface area contributed by atoms with Crippen molar-refractivity contribution in [1.29, 1.82) is 0 Å². The Bertz CT molecular complexity index is 1140. The van der Waals surface area contributed by atoms with Gasteiger partial charge in [0.2, 0.25) is 0 Å². The Balaban J connectivity index is 1.39. The molecule has 1 saturated heterocycles. The van der Waals surface area contributed by atoms with Gasteiger partial charge in [0.1, 0.15) is 5.84 Å². The lowest BCUT2D eigenvalue weighted by atomic mass is 10.0. The first-order chi connectivity index (χ1) is 17.2. The molecule has 1 fully saturated rings. The molecule has 0 bridgehead atoms. The van der Waals surface area contributed by atoms with E-state index < -0.39 is 0 Å². The first-order valence-corrected chi connectivity index (χ1v) is 13.5. The molecule has 184 valence electrons. The normalized spacial score (nSPS) is 18.1. The van der Waals surface area contributed by atoms with E-state index in [2.05, 4.69) is 77.4 Å². The van der Waals surface area contributed by atoms with Crippen molar-refractivity contribution in [1.82, 2.24) is 9.80 Å². The van der Waals surface area contributed by atoms with Crippen molar-refractivity contribution in [2.75, 3.05) is 46.0 Å². The zero-order valence-corrected chi connectivity index (χ0v) is 21.3. The minimum Gasteiger partial charge on any atom is -0.394 e. The molecule has 2 aromatic carbocycles. The number of aryl methyl sites for hydroxylation is 2. The number of rotatable bonds is 8. The molecular formula is C29H35N3O2S. The van der Waals surface area contributed by atoms with Crippen LogP contribution in [0.4, 0.5) is 5.69 Å². The Kier molecular flexibility index (Phi) is 7.94. The number of hydrogen-bond acceptors (Lipinski definition) is 6. The van der Waals surface area contributed by atoms with E-state index in [9.17, 15) is 0 Å². The van der Waals surface area contributed by atoms with Gasteiger partial charge in [-0.3, -0.25) is 4.90 Å². The van der Waals surface area contributed by atoms with E-state index in [1.807, 2.05) is 11.3 Å². The number of ether oxygens (including phenoxy) is 1. The smallest absolute Gasteiger partial charge is 0.137 e. The number of aliphatic imine (C=N–C) groups is 1. The number of para-hydroxylation sites is 1. The zero-order chi connectivity index (χ0) is 24.0. The minimum absolute atomic E-state index is 0.0783. The second kappa shape index (κ2) is 11.5. The highest BCUT2D eigenvalue weighted by atomic mass is 32.1. The molecule has 1 N–H and O–H groups in total. The quantitative estimate of drug-likeness (QED) is 0.468. The van der Waals surface area contributed by atoms with Gasteiger partial charge < -0.3 is 14.7 Å². The molecule has 3 heterocycles. The van der Waals surface area contributed by atoms with Gasteiger partial charge in [0.25, 0.3) is 0 Å². The summed E-state index contributed by atoms with van der Waals surface area (Å²) in [6, 6.07) is 22.1. The van der Waals surface area contributed by atoms with Crippen LogP contribution in [0.2, 0.25) is 0 Å². The number of amidine groups is 1. The van der Waals surface area contributed by atoms with Gasteiger partial charge in [-0.05, 0) is 43.0 Å². The van der Waals surface area contributed by atoms with E-state index >= 15 is 0 Å². The van der Waals surface area contributed by atoms with Gasteiger partial charge in [0, 0.05) is 54.0 Å². The van der Waals surface area contributed by atoms with Gasteiger partial charge in [-0.2, -0.15) is 0 Å². The lowest BCUT2D eigenvalue weighted by Gasteiger charge is -2.43. The monoisotopic (exact) mass is 489 g/mol. The summed E-state index contributed by atoms with van der Waals surface area (Å²) in [5, 5.41) is 9.06. The number of benzene rings is 2. The first-order valence-electron chi connectivity index (χ1n) is 12.7. The summed E-state index contributed by atoms with van der Waals surface area (Å²) >= 11 is 1.90. The molecule has 0 spiro atoms. The topological polar surface area (TPSA) is 48.3 Å². The summed E-state index contributed by atoms with van der Waals surface area (Å²) in [5.74, 6) is 1.13. The molecule has 1 unspecified atom stereocenters. The second-order valence-corrected chi connectivity index (χ2v) is 10.8. The SMILES string of the molecule is Cc1cc2c(s1)Cc1ccccc1N=C2N1CCN(CCOCCO)C(CCc2ccccc2)C1.